The number of benzene rings is 3. The second kappa shape index (κ2) is 6.24. The van der Waals surface area contributed by atoms with Crippen LogP contribution in [0, 0.1) is 6.92 Å². The Morgan fingerprint density at radius 1 is 0.920 bits per heavy atom. The standard InChI is InChI=1S/C21H16N2O2/c1-14-15-7-2-4-9-17(15)19(18-10-5-3-8-16(14)18)13-22-23-21(24)20-11-6-12-25-20/h2-13H,1H3,(H,23,24)/b22-13-. The van der Waals surface area contributed by atoms with Gasteiger partial charge < -0.3 is 4.42 Å². The molecule has 1 amide bonds. The first-order valence-electron chi connectivity index (χ1n) is 8.02. The van der Waals surface area contributed by atoms with Crippen molar-refractivity contribution in [2.24, 2.45) is 5.10 Å². The Hall–Kier alpha value is -3.40. The molecule has 0 fully saturated rings. The van der Waals surface area contributed by atoms with E-state index in [4.69, 9.17) is 4.42 Å². The zero-order valence-electron chi connectivity index (χ0n) is 13.7. The van der Waals surface area contributed by atoms with Gasteiger partial charge in [0.05, 0.1) is 12.5 Å². The average Bonchev–Trinajstić information content (AvgIpc) is 3.19. The Balaban J connectivity index is 1.81. The number of carbonyl (C=O) groups is 1. The lowest BCUT2D eigenvalue weighted by atomic mass is 9.93. The third-order valence-corrected chi connectivity index (χ3v) is 4.35. The molecule has 4 rings (SSSR count). The van der Waals surface area contributed by atoms with Crippen molar-refractivity contribution in [2.75, 3.05) is 0 Å². The molecule has 0 radical (unpaired) electrons. The summed E-state index contributed by atoms with van der Waals surface area (Å²) < 4.78 is 5.07. The normalized spacial score (nSPS) is 11.4. The van der Waals surface area contributed by atoms with Gasteiger partial charge in [0, 0.05) is 5.56 Å². The van der Waals surface area contributed by atoms with Crippen LogP contribution in [0.1, 0.15) is 21.7 Å². The van der Waals surface area contributed by atoms with Crippen LogP contribution >= 0.6 is 0 Å². The van der Waals surface area contributed by atoms with Gasteiger partial charge in [0.25, 0.3) is 0 Å². The number of nitrogens with zero attached hydrogens (tertiary/aromatic N) is 1. The largest absolute Gasteiger partial charge is 0.459 e. The molecule has 1 N–H and O–H groups in total. The molecule has 0 saturated heterocycles. The molecule has 0 aliphatic carbocycles. The molecule has 0 bridgehead atoms. The van der Waals surface area contributed by atoms with Crippen LogP contribution in [0.15, 0.2) is 76.4 Å². The lowest BCUT2D eigenvalue weighted by molar-refractivity contribution is 0.0927. The molecule has 122 valence electrons. The smallest absolute Gasteiger partial charge is 0.307 e. The Morgan fingerprint density at radius 2 is 1.52 bits per heavy atom. The maximum absolute atomic E-state index is 12.0. The highest BCUT2D eigenvalue weighted by molar-refractivity contribution is 6.15. The molecule has 4 heteroatoms. The summed E-state index contributed by atoms with van der Waals surface area (Å²) in [4.78, 5) is 12.0. The lowest BCUT2D eigenvalue weighted by Gasteiger charge is -2.11. The van der Waals surface area contributed by atoms with E-state index in [1.54, 1.807) is 18.3 Å². The highest BCUT2D eigenvalue weighted by Crippen LogP contribution is 2.31. The summed E-state index contributed by atoms with van der Waals surface area (Å²) in [6.45, 7) is 2.13. The van der Waals surface area contributed by atoms with Gasteiger partial charge in [-0.05, 0) is 46.2 Å². The number of rotatable bonds is 3. The number of hydrogen-bond donors (Lipinski definition) is 1. The maximum atomic E-state index is 12.0. The minimum absolute atomic E-state index is 0.232. The maximum Gasteiger partial charge on any atom is 0.307 e. The highest BCUT2D eigenvalue weighted by Gasteiger charge is 2.10. The molecule has 4 aromatic rings. The third-order valence-electron chi connectivity index (χ3n) is 4.35. The molecule has 25 heavy (non-hydrogen) atoms. The molecule has 0 unspecified atom stereocenters. The lowest BCUT2D eigenvalue weighted by Crippen LogP contribution is -2.16. The number of aryl methyl sites for hydroxylation is 1. The van der Waals surface area contributed by atoms with Gasteiger partial charge in [-0.25, -0.2) is 5.43 Å². The van der Waals surface area contributed by atoms with E-state index in [0.717, 1.165) is 16.3 Å². The number of furan rings is 1. The zero-order valence-corrected chi connectivity index (χ0v) is 13.7. The highest BCUT2D eigenvalue weighted by atomic mass is 16.3. The van der Waals surface area contributed by atoms with Crippen molar-refractivity contribution in [1.82, 2.24) is 5.43 Å². The molecule has 0 spiro atoms. The van der Waals surface area contributed by atoms with Crippen molar-refractivity contribution >= 4 is 33.7 Å². The molecule has 1 aromatic heterocycles. The monoisotopic (exact) mass is 328 g/mol. The van der Waals surface area contributed by atoms with E-state index in [-0.39, 0.29) is 11.7 Å². The van der Waals surface area contributed by atoms with Gasteiger partial charge in [0.1, 0.15) is 0 Å². The topological polar surface area (TPSA) is 54.6 Å². The van der Waals surface area contributed by atoms with Gasteiger partial charge in [-0.2, -0.15) is 5.10 Å². The first-order valence-corrected chi connectivity index (χ1v) is 8.02. The van der Waals surface area contributed by atoms with Gasteiger partial charge in [-0.15, -0.1) is 0 Å². The van der Waals surface area contributed by atoms with E-state index in [1.807, 2.05) is 24.3 Å². The Kier molecular flexibility index (Phi) is 3.78. The number of amides is 1. The summed E-state index contributed by atoms with van der Waals surface area (Å²) in [5.74, 6) is -0.141. The SMILES string of the molecule is Cc1c2ccccc2c(/C=N\NC(=O)c2ccco2)c2ccccc12. The fraction of sp³-hybridized carbons (Fsp3) is 0.0476. The van der Waals surface area contributed by atoms with Gasteiger partial charge in [-0.1, -0.05) is 48.5 Å². The molecular weight excluding hydrogens is 312 g/mol. The number of fused-ring (bicyclic) bond motifs is 2. The molecule has 3 aromatic carbocycles. The van der Waals surface area contributed by atoms with E-state index >= 15 is 0 Å². The Bertz CT molecular complexity index is 1040. The average molecular weight is 328 g/mol. The van der Waals surface area contributed by atoms with Crippen molar-refractivity contribution in [3.05, 3.63) is 83.8 Å². The minimum atomic E-state index is -0.373. The quantitative estimate of drug-likeness (QED) is 0.338. The van der Waals surface area contributed by atoms with Crippen LogP contribution < -0.4 is 5.43 Å². The van der Waals surface area contributed by atoms with Crippen LogP contribution in [0.3, 0.4) is 0 Å². The number of hydrogen-bond acceptors (Lipinski definition) is 3. The number of carbonyl (C=O) groups excluding carboxylic acids is 1. The first kappa shape index (κ1) is 15.1. The Labute approximate surface area is 144 Å². The van der Waals surface area contributed by atoms with Crippen LogP contribution in [0.2, 0.25) is 0 Å². The molecular formula is C21H16N2O2. The predicted molar refractivity (Wildman–Crippen MR) is 100.0 cm³/mol. The molecule has 0 aliphatic heterocycles. The summed E-state index contributed by atoms with van der Waals surface area (Å²) >= 11 is 0. The van der Waals surface area contributed by atoms with E-state index in [0.29, 0.717) is 0 Å². The van der Waals surface area contributed by atoms with Crippen LogP contribution in [0.25, 0.3) is 21.5 Å². The molecule has 0 saturated carbocycles. The molecule has 1 heterocycles. The van der Waals surface area contributed by atoms with E-state index in [9.17, 15) is 4.79 Å². The van der Waals surface area contributed by atoms with Crippen LogP contribution in [-0.2, 0) is 0 Å². The predicted octanol–water partition coefficient (Wildman–Crippen LogP) is 4.66. The molecule has 4 nitrogen and oxygen atoms in total. The van der Waals surface area contributed by atoms with Gasteiger partial charge in [-0.3, -0.25) is 4.79 Å². The van der Waals surface area contributed by atoms with Gasteiger partial charge in [0.2, 0.25) is 0 Å². The van der Waals surface area contributed by atoms with Crippen molar-refractivity contribution in [2.45, 2.75) is 6.92 Å². The Morgan fingerprint density at radius 3 is 2.08 bits per heavy atom. The molecule has 0 atom stereocenters. The minimum Gasteiger partial charge on any atom is -0.459 e. The summed E-state index contributed by atoms with van der Waals surface area (Å²) in [5, 5.41) is 8.72. The second-order valence-electron chi connectivity index (χ2n) is 5.81. The van der Waals surface area contributed by atoms with Crippen molar-refractivity contribution in [1.29, 1.82) is 0 Å². The summed E-state index contributed by atoms with van der Waals surface area (Å²) in [6.07, 6.45) is 3.16. The van der Waals surface area contributed by atoms with E-state index in [1.165, 1.54) is 22.6 Å². The molecule has 0 aliphatic rings. The van der Waals surface area contributed by atoms with Crippen molar-refractivity contribution in [3.63, 3.8) is 0 Å². The number of hydrazone groups is 1. The summed E-state index contributed by atoms with van der Waals surface area (Å²) in [7, 11) is 0. The summed E-state index contributed by atoms with van der Waals surface area (Å²) in [5.41, 5.74) is 4.74. The van der Waals surface area contributed by atoms with Crippen LogP contribution in [0.4, 0.5) is 0 Å². The fourth-order valence-electron chi connectivity index (χ4n) is 3.14. The van der Waals surface area contributed by atoms with Crippen LogP contribution in [-0.4, -0.2) is 12.1 Å². The van der Waals surface area contributed by atoms with Crippen molar-refractivity contribution in [3.8, 4) is 0 Å². The number of nitrogens with one attached hydrogen (secondary N) is 1. The van der Waals surface area contributed by atoms with Crippen molar-refractivity contribution < 1.29 is 9.21 Å². The fourth-order valence-corrected chi connectivity index (χ4v) is 3.14. The summed E-state index contributed by atoms with van der Waals surface area (Å²) in [6, 6.07) is 19.7. The zero-order chi connectivity index (χ0) is 17.2. The van der Waals surface area contributed by atoms with E-state index < -0.39 is 0 Å². The van der Waals surface area contributed by atoms with Crippen LogP contribution in [0.5, 0.6) is 0 Å². The van der Waals surface area contributed by atoms with Gasteiger partial charge in [0.15, 0.2) is 5.76 Å². The van der Waals surface area contributed by atoms with Gasteiger partial charge >= 0.3 is 5.91 Å². The first-order chi connectivity index (χ1) is 12.3. The van der Waals surface area contributed by atoms with E-state index in [2.05, 4.69) is 41.7 Å². The second-order valence-corrected chi connectivity index (χ2v) is 5.81. The third kappa shape index (κ3) is 2.68.